The standard InChI is InChI=1S/C24H23BrN2O4/c1-2-30-22-6-4-3-5-18(22)11-13-21-20(25)12-14-23(28)27(21)16-15-17-7-9-19(10-8-17)24(29)31-26/h3-14H,2,15-16,26H2,1H3/b13-11+. The number of hydrogen-bond donors (Lipinski definition) is 1. The zero-order valence-corrected chi connectivity index (χ0v) is 18.7. The molecule has 0 aliphatic heterocycles. The van der Waals surface area contributed by atoms with Gasteiger partial charge in [0.05, 0.1) is 17.9 Å². The van der Waals surface area contributed by atoms with Crippen molar-refractivity contribution >= 4 is 34.1 Å². The van der Waals surface area contributed by atoms with E-state index in [4.69, 9.17) is 10.6 Å². The monoisotopic (exact) mass is 482 g/mol. The molecule has 0 bridgehead atoms. The highest BCUT2D eigenvalue weighted by Gasteiger charge is 2.09. The number of pyridine rings is 1. The van der Waals surface area contributed by atoms with E-state index in [0.29, 0.717) is 25.1 Å². The lowest BCUT2D eigenvalue weighted by molar-refractivity contribution is 0.0503. The summed E-state index contributed by atoms with van der Waals surface area (Å²) < 4.78 is 8.21. The number of carbonyl (C=O) groups is 1. The zero-order valence-electron chi connectivity index (χ0n) is 17.1. The number of para-hydroxylation sites is 1. The number of ether oxygens (including phenoxy) is 1. The second-order valence-corrected chi connectivity index (χ2v) is 7.57. The van der Waals surface area contributed by atoms with Gasteiger partial charge in [-0.05, 0) is 71.3 Å². The first-order valence-corrected chi connectivity index (χ1v) is 10.6. The molecule has 0 fully saturated rings. The van der Waals surface area contributed by atoms with Crippen LogP contribution in [-0.2, 0) is 17.8 Å². The Morgan fingerprint density at radius 2 is 1.81 bits per heavy atom. The van der Waals surface area contributed by atoms with Crippen LogP contribution >= 0.6 is 15.9 Å². The fourth-order valence-electron chi connectivity index (χ4n) is 3.16. The number of aryl methyl sites for hydroxylation is 1. The van der Waals surface area contributed by atoms with Crippen LogP contribution in [0.2, 0.25) is 0 Å². The summed E-state index contributed by atoms with van der Waals surface area (Å²) in [4.78, 5) is 28.3. The summed E-state index contributed by atoms with van der Waals surface area (Å²) in [6.07, 6.45) is 4.46. The van der Waals surface area contributed by atoms with Gasteiger partial charge >= 0.3 is 5.97 Å². The summed E-state index contributed by atoms with van der Waals surface area (Å²) in [7, 11) is 0. The van der Waals surface area contributed by atoms with Crippen LogP contribution in [-0.4, -0.2) is 17.1 Å². The molecule has 0 spiro atoms. The minimum absolute atomic E-state index is 0.0933. The van der Waals surface area contributed by atoms with Crippen molar-refractivity contribution in [1.82, 2.24) is 4.57 Å². The molecule has 0 aliphatic rings. The Kier molecular flexibility index (Phi) is 7.81. The SMILES string of the molecule is CCOc1ccccc1/C=C/c1c(Br)ccc(=O)n1CCc1ccc(C(=O)ON)cc1. The average molecular weight is 483 g/mol. The lowest BCUT2D eigenvalue weighted by atomic mass is 10.1. The summed E-state index contributed by atoms with van der Waals surface area (Å²) in [5, 5.41) is 0. The van der Waals surface area contributed by atoms with Crippen LogP contribution in [0.5, 0.6) is 5.75 Å². The van der Waals surface area contributed by atoms with Gasteiger partial charge in [-0.1, -0.05) is 30.3 Å². The van der Waals surface area contributed by atoms with Crippen LogP contribution < -0.4 is 16.2 Å². The maximum absolute atomic E-state index is 12.6. The Morgan fingerprint density at radius 3 is 2.52 bits per heavy atom. The van der Waals surface area contributed by atoms with E-state index < -0.39 is 5.97 Å². The molecule has 2 N–H and O–H groups in total. The molecular weight excluding hydrogens is 460 g/mol. The van der Waals surface area contributed by atoms with E-state index in [0.717, 1.165) is 27.0 Å². The van der Waals surface area contributed by atoms with Crippen LogP contribution in [0.4, 0.5) is 0 Å². The molecule has 7 heteroatoms. The van der Waals surface area contributed by atoms with Gasteiger partial charge in [0, 0.05) is 22.6 Å². The summed E-state index contributed by atoms with van der Waals surface area (Å²) in [5.41, 5.74) is 2.97. The molecule has 0 atom stereocenters. The van der Waals surface area contributed by atoms with E-state index in [1.807, 2.05) is 55.5 Å². The van der Waals surface area contributed by atoms with E-state index in [9.17, 15) is 9.59 Å². The number of carbonyl (C=O) groups excluding carboxylic acids is 1. The molecule has 3 aromatic rings. The first-order valence-electron chi connectivity index (χ1n) is 9.82. The van der Waals surface area contributed by atoms with Crippen molar-refractivity contribution < 1.29 is 14.4 Å². The van der Waals surface area contributed by atoms with Gasteiger partial charge in [0.2, 0.25) is 0 Å². The zero-order chi connectivity index (χ0) is 22.2. The predicted molar refractivity (Wildman–Crippen MR) is 125 cm³/mol. The quantitative estimate of drug-likeness (QED) is 0.479. The van der Waals surface area contributed by atoms with Crippen LogP contribution in [0.15, 0.2) is 69.9 Å². The molecule has 31 heavy (non-hydrogen) atoms. The number of nitrogens with zero attached hydrogens (tertiary/aromatic N) is 1. The van der Waals surface area contributed by atoms with Crippen molar-refractivity contribution in [2.45, 2.75) is 19.9 Å². The minimum atomic E-state index is -0.588. The summed E-state index contributed by atoms with van der Waals surface area (Å²) >= 11 is 3.56. The molecule has 0 saturated heterocycles. The maximum Gasteiger partial charge on any atom is 0.356 e. The molecule has 1 heterocycles. The molecular formula is C24H23BrN2O4. The van der Waals surface area contributed by atoms with Gasteiger partial charge in [-0.15, -0.1) is 0 Å². The van der Waals surface area contributed by atoms with Gasteiger partial charge in [0.15, 0.2) is 0 Å². The number of hydrogen-bond acceptors (Lipinski definition) is 5. The third-order valence-corrected chi connectivity index (χ3v) is 5.40. The van der Waals surface area contributed by atoms with E-state index in [1.165, 1.54) is 6.07 Å². The molecule has 2 aromatic carbocycles. The van der Waals surface area contributed by atoms with Crippen molar-refractivity contribution in [1.29, 1.82) is 0 Å². The first kappa shape index (κ1) is 22.5. The van der Waals surface area contributed by atoms with Crippen molar-refractivity contribution in [3.63, 3.8) is 0 Å². The van der Waals surface area contributed by atoms with Crippen molar-refractivity contribution in [2.75, 3.05) is 6.61 Å². The van der Waals surface area contributed by atoms with E-state index in [-0.39, 0.29) is 5.56 Å². The Balaban J connectivity index is 1.85. The van der Waals surface area contributed by atoms with Gasteiger partial charge in [-0.3, -0.25) is 4.79 Å². The van der Waals surface area contributed by atoms with Crippen LogP contribution in [0, 0.1) is 0 Å². The average Bonchev–Trinajstić information content (AvgIpc) is 2.79. The van der Waals surface area contributed by atoms with Crippen LogP contribution in [0.3, 0.4) is 0 Å². The van der Waals surface area contributed by atoms with Gasteiger partial charge < -0.3 is 14.1 Å². The Labute approximate surface area is 189 Å². The Bertz CT molecular complexity index is 1140. The summed E-state index contributed by atoms with van der Waals surface area (Å²) in [5.74, 6) is 5.12. The molecule has 3 rings (SSSR count). The lowest BCUT2D eigenvalue weighted by Crippen LogP contribution is -2.22. The molecule has 0 unspecified atom stereocenters. The number of benzene rings is 2. The van der Waals surface area contributed by atoms with E-state index >= 15 is 0 Å². The normalized spacial score (nSPS) is 10.9. The van der Waals surface area contributed by atoms with Gasteiger partial charge in [0.1, 0.15) is 5.75 Å². The van der Waals surface area contributed by atoms with Crippen molar-refractivity contribution in [2.24, 2.45) is 5.90 Å². The topological polar surface area (TPSA) is 83.5 Å². The largest absolute Gasteiger partial charge is 0.493 e. The molecule has 0 amide bonds. The van der Waals surface area contributed by atoms with E-state index in [1.54, 1.807) is 22.8 Å². The van der Waals surface area contributed by atoms with Crippen LogP contribution in [0.25, 0.3) is 12.2 Å². The summed E-state index contributed by atoms with van der Waals surface area (Å²) in [6.45, 7) is 3.00. The van der Waals surface area contributed by atoms with Crippen LogP contribution in [0.1, 0.15) is 34.1 Å². The Hall–Kier alpha value is -3.16. The van der Waals surface area contributed by atoms with Crippen molar-refractivity contribution in [3.8, 4) is 5.75 Å². The smallest absolute Gasteiger partial charge is 0.356 e. The predicted octanol–water partition coefficient (Wildman–Crippen LogP) is 4.45. The molecule has 0 radical (unpaired) electrons. The Morgan fingerprint density at radius 1 is 1.06 bits per heavy atom. The van der Waals surface area contributed by atoms with Gasteiger partial charge in [0.25, 0.3) is 5.56 Å². The highest BCUT2D eigenvalue weighted by Crippen LogP contribution is 2.23. The third-order valence-electron chi connectivity index (χ3n) is 4.73. The number of aromatic nitrogens is 1. The first-order chi connectivity index (χ1) is 15.0. The molecule has 0 saturated carbocycles. The van der Waals surface area contributed by atoms with Crippen molar-refractivity contribution in [3.05, 3.63) is 97.9 Å². The number of halogens is 1. The lowest BCUT2D eigenvalue weighted by Gasteiger charge is -2.12. The fraction of sp³-hybridized carbons (Fsp3) is 0.167. The molecule has 6 nitrogen and oxygen atoms in total. The second-order valence-electron chi connectivity index (χ2n) is 6.71. The molecule has 160 valence electrons. The third kappa shape index (κ3) is 5.71. The van der Waals surface area contributed by atoms with E-state index in [2.05, 4.69) is 20.8 Å². The highest BCUT2D eigenvalue weighted by atomic mass is 79.9. The van der Waals surface area contributed by atoms with Gasteiger partial charge in [-0.25, -0.2) is 4.79 Å². The fourth-order valence-corrected chi connectivity index (χ4v) is 3.64. The number of rotatable bonds is 8. The van der Waals surface area contributed by atoms with Gasteiger partial charge in [-0.2, -0.15) is 5.90 Å². The maximum atomic E-state index is 12.6. The minimum Gasteiger partial charge on any atom is -0.493 e. The highest BCUT2D eigenvalue weighted by molar-refractivity contribution is 9.10. The second kappa shape index (κ2) is 10.7. The number of nitrogens with two attached hydrogens (primary N) is 1. The summed E-state index contributed by atoms with van der Waals surface area (Å²) in [6, 6.07) is 18.0. The molecule has 0 aliphatic carbocycles. The molecule has 1 aromatic heterocycles.